The average Bonchev–Trinajstić information content (AvgIpc) is 3.62. The molecule has 3 aromatic rings. The van der Waals surface area contributed by atoms with Crippen molar-refractivity contribution >= 4 is 46.6 Å². The second-order valence-corrected chi connectivity index (χ2v) is 9.63. The lowest BCUT2D eigenvalue weighted by atomic mass is 10.00. The number of halogens is 6. The molecule has 0 spiro atoms. The lowest BCUT2D eigenvalue weighted by Gasteiger charge is -2.17. The molecule has 5 N–H and O–H groups in total. The summed E-state index contributed by atoms with van der Waals surface area (Å²) in [6, 6.07) is 11.1. The van der Waals surface area contributed by atoms with Crippen molar-refractivity contribution in [2.45, 2.75) is 32.1 Å². The van der Waals surface area contributed by atoms with Crippen molar-refractivity contribution in [2.24, 2.45) is 5.73 Å². The Labute approximate surface area is 243 Å². The van der Waals surface area contributed by atoms with Gasteiger partial charge in [0.15, 0.2) is 0 Å². The minimum Gasteiger partial charge on any atom is -0.475 e. The molecule has 0 bridgehead atoms. The molecule has 0 unspecified atom stereocenters. The summed E-state index contributed by atoms with van der Waals surface area (Å²) in [5.74, 6) is -5.32. The first-order chi connectivity index (χ1) is 19.9. The van der Waals surface area contributed by atoms with Crippen molar-refractivity contribution in [1.29, 1.82) is 0 Å². The van der Waals surface area contributed by atoms with Crippen molar-refractivity contribution in [2.75, 3.05) is 23.3 Å². The Morgan fingerprint density at radius 2 is 1.47 bits per heavy atom. The quantitative estimate of drug-likeness (QED) is 0.274. The highest BCUT2D eigenvalue weighted by atomic mass is 32.1. The van der Waals surface area contributed by atoms with Gasteiger partial charge in [-0.15, -0.1) is 11.3 Å². The van der Waals surface area contributed by atoms with E-state index in [0.29, 0.717) is 16.1 Å². The van der Waals surface area contributed by atoms with Gasteiger partial charge in [-0.05, 0) is 66.6 Å². The number of nitrogens with zero attached hydrogens (tertiary/aromatic N) is 2. The fourth-order valence-electron chi connectivity index (χ4n) is 3.58. The number of aromatic nitrogens is 1. The topological polar surface area (TPSA) is 163 Å². The Kier molecular flexibility index (Phi) is 11.6. The van der Waals surface area contributed by atoms with Crippen LogP contribution >= 0.6 is 11.3 Å². The van der Waals surface area contributed by atoms with E-state index in [1.807, 2.05) is 42.6 Å². The molecule has 43 heavy (non-hydrogen) atoms. The van der Waals surface area contributed by atoms with Gasteiger partial charge in [-0.3, -0.25) is 9.59 Å². The third-order valence-electron chi connectivity index (χ3n) is 5.60. The van der Waals surface area contributed by atoms with Crippen molar-refractivity contribution in [1.82, 2.24) is 4.98 Å². The highest BCUT2D eigenvalue weighted by molar-refractivity contribution is 7.12. The minimum absolute atomic E-state index is 0.192. The Morgan fingerprint density at radius 1 is 0.907 bits per heavy atom. The third-order valence-corrected chi connectivity index (χ3v) is 6.53. The molecular formula is C26H24F6N4O6S. The number of anilines is 2. The van der Waals surface area contributed by atoms with Crippen LogP contribution < -0.4 is 16.0 Å². The van der Waals surface area contributed by atoms with Gasteiger partial charge in [0.25, 0.3) is 11.8 Å². The zero-order chi connectivity index (χ0) is 32.5. The summed E-state index contributed by atoms with van der Waals surface area (Å²) in [5.41, 5.74) is 9.40. The Bertz CT molecular complexity index is 1440. The monoisotopic (exact) mass is 634 g/mol. The predicted molar refractivity (Wildman–Crippen MR) is 144 cm³/mol. The molecule has 3 heterocycles. The van der Waals surface area contributed by atoms with Gasteiger partial charge in [0, 0.05) is 36.1 Å². The van der Waals surface area contributed by atoms with Crippen LogP contribution in [0, 0.1) is 6.92 Å². The minimum atomic E-state index is -5.08. The standard InChI is InChI=1S/C22H22N4O2S.2C2HF3O2/c1-14-4-5-16(13-18(14)17-7-11-29-20(17)21(23)27)25-22(28)15-6-8-24-19(12-15)26-9-2-3-10-26;2*3-2(4,5)1(6)7/h4-8,11-13H,2-3,9-10H2,1H3,(H2,23,27)(H,25,28);2*(H,6,7). The van der Waals surface area contributed by atoms with E-state index in [1.54, 1.807) is 12.3 Å². The summed E-state index contributed by atoms with van der Waals surface area (Å²) in [6.07, 6.45) is -6.19. The van der Waals surface area contributed by atoms with Crippen LogP contribution in [0.15, 0.2) is 48.0 Å². The van der Waals surface area contributed by atoms with Gasteiger partial charge in [0.2, 0.25) is 0 Å². The van der Waals surface area contributed by atoms with E-state index in [1.165, 1.54) is 11.3 Å². The van der Waals surface area contributed by atoms with Crippen LogP contribution in [0.5, 0.6) is 0 Å². The number of alkyl halides is 6. The maximum atomic E-state index is 12.8. The van der Waals surface area contributed by atoms with Gasteiger partial charge >= 0.3 is 24.3 Å². The summed E-state index contributed by atoms with van der Waals surface area (Å²) >= 11 is 1.32. The number of carbonyl (C=O) groups is 4. The Balaban J connectivity index is 0.000000384. The number of aryl methyl sites for hydroxylation is 1. The largest absolute Gasteiger partial charge is 0.490 e. The van der Waals surface area contributed by atoms with E-state index in [4.69, 9.17) is 25.5 Å². The molecule has 4 rings (SSSR count). The number of carboxylic acid groups (broad SMARTS) is 2. The third kappa shape index (κ3) is 10.3. The van der Waals surface area contributed by atoms with Crippen LogP contribution in [-0.2, 0) is 9.59 Å². The van der Waals surface area contributed by atoms with Crippen molar-refractivity contribution in [3.8, 4) is 11.1 Å². The van der Waals surface area contributed by atoms with E-state index in [-0.39, 0.29) is 5.91 Å². The molecule has 0 saturated carbocycles. The normalized spacial score (nSPS) is 12.8. The number of pyridine rings is 1. The zero-order valence-electron chi connectivity index (χ0n) is 22.1. The van der Waals surface area contributed by atoms with Crippen molar-refractivity contribution in [3.05, 3.63) is 64.0 Å². The van der Waals surface area contributed by atoms with E-state index >= 15 is 0 Å². The zero-order valence-corrected chi connectivity index (χ0v) is 22.9. The van der Waals surface area contributed by atoms with Gasteiger partial charge in [-0.25, -0.2) is 14.6 Å². The number of nitrogens with one attached hydrogen (secondary N) is 1. The predicted octanol–water partition coefficient (Wildman–Crippen LogP) is 5.34. The van der Waals surface area contributed by atoms with Crippen LogP contribution in [0.4, 0.5) is 37.8 Å². The summed E-state index contributed by atoms with van der Waals surface area (Å²) < 4.78 is 63.5. The molecule has 1 aliphatic heterocycles. The van der Waals surface area contributed by atoms with Crippen LogP contribution in [0.1, 0.15) is 38.4 Å². The van der Waals surface area contributed by atoms with Gasteiger partial charge < -0.3 is 26.2 Å². The molecule has 1 aromatic carbocycles. The van der Waals surface area contributed by atoms with Gasteiger partial charge in [0.05, 0.1) is 4.88 Å². The Hall–Kier alpha value is -4.67. The molecule has 1 fully saturated rings. The number of hydrogen-bond donors (Lipinski definition) is 4. The fraction of sp³-hybridized carbons (Fsp3) is 0.269. The molecule has 10 nitrogen and oxygen atoms in total. The summed E-state index contributed by atoms with van der Waals surface area (Å²) in [5, 5.41) is 19.1. The second kappa shape index (κ2) is 14.5. The number of rotatable bonds is 5. The van der Waals surface area contributed by atoms with E-state index < -0.39 is 30.2 Å². The molecule has 17 heteroatoms. The Morgan fingerprint density at radius 3 is 1.98 bits per heavy atom. The van der Waals surface area contributed by atoms with Crippen molar-refractivity contribution < 1.29 is 55.7 Å². The highest BCUT2D eigenvalue weighted by Crippen LogP contribution is 2.32. The lowest BCUT2D eigenvalue weighted by Crippen LogP contribution is -2.21. The molecule has 1 saturated heterocycles. The number of nitrogens with two attached hydrogens (primary N) is 1. The van der Waals surface area contributed by atoms with E-state index in [2.05, 4.69) is 15.2 Å². The van der Waals surface area contributed by atoms with Gasteiger partial charge in [-0.2, -0.15) is 26.3 Å². The first-order valence-electron chi connectivity index (χ1n) is 12.0. The molecule has 0 aliphatic carbocycles. The van der Waals surface area contributed by atoms with Crippen LogP contribution in [0.25, 0.3) is 11.1 Å². The van der Waals surface area contributed by atoms with Gasteiger partial charge in [0.1, 0.15) is 5.82 Å². The van der Waals surface area contributed by atoms with Crippen LogP contribution in [-0.4, -0.2) is 64.4 Å². The number of amides is 2. The first-order valence-corrected chi connectivity index (χ1v) is 12.9. The number of carboxylic acids is 2. The SMILES string of the molecule is Cc1ccc(NC(=O)c2ccnc(N3CCCC3)c2)cc1-c1ccsc1C(N)=O.O=C(O)C(F)(F)F.O=C(O)C(F)(F)F. The number of benzene rings is 1. The van der Waals surface area contributed by atoms with Crippen LogP contribution in [0.2, 0.25) is 0 Å². The maximum absolute atomic E-state index is 12.8. The molecule has 0 radical (unpaired) electrons. The lowest BCUT2D eigenvalue weighted by molar-refractivity contribution is -0.193. The number of thiophene rings is 1. The molecule has 0 atom stereocenters. The van der Waals surface area contributed by atoms with Gasteiger partial charge in [-0.1, -0.05) is 6.07 Å². The maximum Gasteiger partial charge on any atom is 0.490 e. The number of carbonyl (C=O) groups excluding carboxylic acids is 2. The summed E-state index contributed by atoms with van der Waals surface area (Å²) in [7, 11) is 0. The second-order valence-electron chi connectivity index (χ2n) is 8.71. The van der Waals surface area contributed by atoms with E-state index in [0.717, 1.165) is 48.4 Å². The fourth-order valence-corrected chi connectivity index (χ4v) is 4.35. The molecule has 232 valence electrons. The van der Waals surface area contributed by atoms with Crippen molar-refractivity contribution in [3.63, 3.8) is 0 Å². The highest BCUT2D eigenvalue weighted by Gasteiger charge is 2.38. The molecule has 2 aromatic heterocycles. The smallest absolute Gasteiger partial charge is 0.475 e. The first kappa shape index (κ1) is 34.5. The molecule has 1 aliphatic rings. The summed E-state index contributed by atoms with van der Waals surface area (Å²) in [4.78, 5) is 49.4. The number of hydrogen-bond acceptors (Lipinski definition) is 7. The van der Waals surface area contributed by atoms with E-state index in [9.17, 15) is 35.9 Å². The molecular weight excluding hydrogens is 610 g/mol. The number of aliphatic carboxylic acids is 2. The number of primary amides is 1. The molecule has 2 amide bonds. The van der Waals surface area contributed by atoms with Crippen LogP contribution in [0.3, 0.4) is 0 Å². The summed E-state index contributed by atoms with van der Waals surface area (Å²) in [6.45, 7) is 3.92. The average molecular weight is 635 g/mol.